The molecule has 31 heavy (non-hydrogen) atoms. The second-order valence-corrected chi connectivity index (χ2v) is 7.97. The largest absolute Gasteiger partial charge is 0.363 e. The van der Waals surface area contributed by atoms with Gasteiger partial charge in [0, 0.05) is 38.2 Å². The number of benzene rings is 1. The summed E-state index contributed by atoms with van der Waals surface area (Å²) in [7, 11) is 1.83. The number of hydrogen-bond donors (Lipinski definition) is 1. The number of fused-ring (bicyclic) bond motifs is 1. The summed E-state index contributed by atoms with van der Waals surface area (Å²) in [4.78, 5) is 24.4. The predicted molar refractivity (Wildman–Crippen MR) is 115 cm³/mol. The van der Waals surface area contributed by atoms with Crippen molar-refractivity contribution >= 4 is 23.1 Å². The normalized spacial score (nSPS) is 13.8. The molecule has 10 heteroatoms. The Bertz CT molecular complexity index is 1160. The molecule has 0 saturated heterocycles. The standard InChI is InChI=1S/C21H21ClF2N6O/c1-21(23,24)15-6-4-3-5-13(15)10-29(2)19-14-7-8-30(11-16(14)25-12-26-19)17-9-27-28-20(31)18(17)22/h3-6,9,12H,7-8,10-11H2,1-2H3,(H,28,31). The van der Waals surface area contributed by atoms with Crippen LogP contribution in [0.4, 0.5) is 20.3 Å². The molecule has 0 amide bonds. The van der Waals surface area contributed by atoms with Crippen molar-refractivity contribution in [2.24, 2.45) is 0 Å². The summed E-state index contributed by atoms with van der Waals surface area (Å²) < 4.78 is 28.0. The molecule has 0 saturated carbocycles. The highest BCUT2D eigenvalue weighted by molar-refractivity contribution is 6.33. The van der Waals surface area contributed by atoms with Crippen molar-refractivity contribution in [3.05, 3.63) is 74.6 Å². The van der Waals surface area contributed by atoms with E-state index >= 15 is 0 Å². The van der Waals surface area contributed by atoms with Crippen LogP contribution in [-0.2, 0) is 25.4 Å². The SMILES string of the molecule is CN(Cc1ccccc1C(C)(F)F)c1ncnc2c1CCN(c1cn[nH]c(=O)c1Cl)C2. The van der Waals surface area contributed by atoms with E-state index in [9.17, 15) is 13.6 Å². The fourth-order valence-electron chi connectivity index (χ4n) is 3.88. The molecule has 1 aromatic carbocycles. The van der Waals surface area contributed by atoms with Crippen LogP contribution in [0.25, 0.3) is 0 Å². The zero-order valence-electron chi connectivity index (χ0n) is 17.1. The number of aromatic nitrogens is 4. The molecule has 0 fully saturated rings. The van der Waals surface area contributed by atoms with Gasteiger partial charge in [0.2, 0.25) is 0 Å². The van der Waals surface area contributed by atoms with E-state index in [4.69, 9.17) is 11.6 Å². The molecular formula is C21H21ClF2N6O. The second-order valence-electron chi connectivity index (χ2n) is 7.59. The van der Waals surface area contributed by atoms with Gasteiger partial charge in [-0.25, -0.2) is 23.8 Å². The van der Waals surface area contributed by atoms with Crippen LogP contribution in [0.3, 0.4) is 0 Å². The van der Waals surface area contributed by atoms with Crippen LogP contribution in [0.2, 0.25) is 5.02 Å². The molecule has 0 unspecified atom stereocenters. The van der Waals surface area contributed by atoms with E-state index < -0.39 is 11.5 Å². The predicted octanol–water partition coefficient (Wildman–Crippen LogP) is 3.52. The number of aromatic amines is 1. The molecule has 2 aromatic heterocycles. The average Bonchev–Trinajstić information content (AvgIpc) is 2.74. The Balaban J connectivity index is 1.61. The summed E-state index contributed by atoms with van der Waals surface area (Å²) in [5.41, 5.74) is 2.41. The van der Waals surface area contributed by atoms with E-state index in [0.717, 1.165) is 18.2 Å². The first-order valence-corrected chi connectivity index (χ1v) is 10.1. The van der Waals surface area contributed by atoms with E-state index in [-0.39, 0.29) is 17.1 Å². The highest BCUT2D eigenvalue weighted by Gasteiger charge is 2.29. The Morgan fingerprint density at radius 1 is 1.29 bits per heavy atom. The van der Waals surface area contributed by atoms with Crippen LogP contribution in [0.1, 0.15) is 29.3 Å². The van der Waals surface area contributed by atoms with Crippen LogP contribution < -0.4 is 15.4 Å². The molecule has 162 valence electrons. The third-order valence-electron chi connectivity index (χ3n) is 5.36. The number of hydrogen-bond acceptors (Lipinski definition) is 6. The molecule has 0 spiro atoms. The van der Waals surface area contributed by atoms with Gasteiger partial charge >= 0.3 is 0 Å². The highest BCUT2D eigenvalue weighted by atomic mass is 35.5. The van der Waals surface area contributed by atoms with Crippen LogP contribution in [0.5, 0.6) is 0 Å². The summed E-state index contributed by atoms with van der Waals surface area (Å²) >= 11 is 6.15. The van der Waals surface area contributed by atoms with Crippen LogP contribution in [0.15, 0.2) is 41.6 Å². The molecule has 0 radical (unpaired) electrons. The van der Waals surface area contributed by atoms with Crippen molar-refractivity contribution in [2.45, 2.75) is 32.4 Å². The summed E-state index contributed by atoms with van der Waals surface area (Å²) in [6.45, 7) is 2.22. The number of alkyl halides is 2. The molecule has 3 aromatic rings. The Morgan fingerprint density at radius 3 is 2.84 bits per heavy atom. The summed E-state index contributed by atoms with van der Waals surface area (Å²) in [6.07, 6.45) is 3.60. The van der Waals surface area contributed by atoms with Crippen molar-refractivity contribution in [3.8, 4) is 0 Å². The Kier molecular flexibility index (Phi) is 5.62. The second kappa shape index (κ2) is 8.22. The molecular weight excluding hydrogens is 426 g/mol. The summed E-state index contributed by atoms with van der Waals surface area (Å²) in [6, 6.07) is 6.54. The van der Waals surface area contributed by atoms with Gasteiger partial charge in [0.05, 0.1) is 24.1 Å². The summed E-state index contributed by atoms with van der Waals surface area (Å²) in [5.74, 6) is -2.22. The minimum absolute atomic E-state index is 0.00684. The lowest BCUT2D eigenvalue weighted by atomic mass is 10.0. The Hall–Kier alpha value is -3.07. The number of nitrogens with one attached hydrogen (secondary N) is 1. The molecule has 4 rings (SSSR count). The van der Waals surface area contributed by atoms with Gasteiger partial charge in [-0.05, 0) is 12.0 Å². The van der Waals surface area contributed by atoms with Gasteiger partial charge < -0.3 is 9.80 Å². The van der Waals surface area contributed by atoms with E-state index in [2.05, 4.69) is 20.2 Å². The van der Waals surface area contributed by atoms with E-state index in [0.29, 0.717) is 36.6 Å². The number of halogens is 3. The van der Waals surface area contributed by atoms with E-state index in [1.807, 2.05) is 16.8 Å². The third-order valence-corrected chi connectivity index (χ3v) is 5.73. The first-order valence-electron chi connectivity index (χ1n) is 9.74. The lowest BCUT2D eigenvalue weighted by Gasteiger charge is -2.32. The smallest absolute Gasteiger partial charge is 0.285 e. The molecule has 0 bridgehead atoms. The quantitative estimate of drug-likeness (QED) is 0.646. The Morgan fingerprint density at radius 2 is 2.06 bits per heavy atom. The molecule has 7 nitrogen and oxygen atoms in total. The van der Waals surface area contributed by atoms with E-state index in [1.165, 1.54) is 18.6 Å². The molecule has 0 atom stereocenters. The first-order chi connectivity index (χ1) is 14.8. The minimum atomic E-state index is -2.93. The van der Waals surface area contributed by atoms with Gasteiger partial charge in [-0.3, -0.25) is 4.79 Å². The Labute approximate surface area is 182 Å². The molecule has 1 aliphatic rings. The van der Waals surface area contributed by atoms with Gasteiger partial charge in [0.15, 0.2) is 0 Å². The zero-order chi connectivity index (χ0) is 22.2. The third kappa shape index (κ3) is 4.23. The maximum absolute atomic E-state index is 14.0. The number of rotatable bonds is 5. The van der Waals surface area contributed by atoms with Crippen LogP contribution in [-0.4, -0.2) is 33.8 Å². The van der Waals surface area contributed by atoms with Crippen molar-refractivity contribution in [3.63, 3.8) is 0 Å². The zero-order valence-corrected chi connectivity index (χ0v) is 17.8. The average molecular weight is 447 g/mol. The van der Waals surface area contributed by atoms with Crippen molar-refractivity contribution in [2.75, 3.05) is 23.4 Å². The van der Waals surface area contributed by atoms with Gasteiger partial charge in [-0.1, -0.05) is 35.9 Å². The van der Waals surface area contributed by atoms with Gasteiger partial charge in [-0.2, -0.15) is 5.10 Å². The lowest BCUT2D eigenvalue weighted by molar-refractivity contribution is 0.0165. The maximum Gasteiger partial charge on any atom is 0.285 e. The van der Waals surface area contributed by atoms with Crippen LogP contribution >= 0.6 is 11.6 Å². The monoisotopic (exact) mass is 446 g/mol. The van der Waals surface area contributed by atoms with Gasteiger partial charge in [0.1, 0.15) is 17.2 Å². The van der Waals surface area contributed by atoms with Crippen LogP contribution in [0, 0.1) is 0 Å². The van der Waals surface area contributed by atoms with Crippen molar-refractivity contribution in [1.82, 2.24) is 20.2 Å². The van der Waals surface area contributed by atoms with Crippen molar-refractivity contribution in [1.29, 1.82) is 0 Å². The maximum atomic E-state index is 14.0. The number of nitrogens with zero attached hydrogens (tertiary/aromatic N) is 5. The fourth-order valence-corrected chi connectivity index (χ4v) is 4.09. The fraction of sp³-hybridized carbons (Fsp3) is 0.333. The lowest BCUT2D eigenvalue weighted by Crippen LogP contribution is -2.34. The molecule has 0 aliphatic carbocycles. The topological polar surface area (TPSA) is 78.0 Å². The highest BCUT2D eigenvalue weighted by Crippen LogP contribution is 2.33. The molecule has 1 N–H and O–H groups in total. The van der Waals surface area contributed by atoms with E-state index in [1.54, 1.807) is 18.2 Å². The van der Waals surface area contributed by atoms with Gasteiger partial charge in [-0.15, -0.1) is 0 Å². The number of H-pyrrole nitrogens is 1. The molecule has 3 heterocycles. The molecule has 1 aliphatic heterocycles. The summed E-state index contributed by atoms with van der Waals surface area (Å²) in [5, 5.41) is 6.23. The first kappa shape index (κ1) is 21.2. The number of anilines is 2. The van der Waals surface area contributed by atoms with Gasteiger partial charge in [0.25, 0.3) is 11.5 Å². The van der Waals surface area contributed by atoms with Crippen molar-refractivity contribution < 1.29 is 8.78 Å². The minimum Gasteiger partial charge on any atom is -0.363 e.